The van der Waals surface area contributed by atoms with Crippen molar-refractivity contribution in [1.29, 1.82) is 0 Å². The highest BCUT2D eigenvalue weighted by atomic mass is 32.1. The van der Waals surface area contributed by atoms with Crippen LogP contribution < -0.4 is 0 Å². The number of aromatic nitrogens is 1. The van der Waals surface area contributed by atoms with Crippen molar-refractivity contribution in [2.75, 3.05) is 6.61 Å². The number of ether oxygens (including phenoxy) is 1. The molecule has 0 atom stereocenters. The summed E-state index contributed by atoms with van der Waals surface area (Å²) in [6.45, 7) is 2.00. The maximum atomic E-state index is 11.5. The molecule has 0 spiro atoms. The summed E-state index contributed by atoms with van der Waals surface area (Å²) in [4.78, 5) is 26.4. The first-order chi connectivity index (χ1) is 9.11. The number of nitrogens with zero attached hydrogens (tertiary/aromatic N) is 2. The lowest BCUT2D eigenvalue weighted by Crippen LogP contribution is -2.03. The molecular weight excluding hydrogens is 268 g/mol. The second-order valence-electron chi connectivity index (χ2n) is 3.56. The largest absolute Gasteiger partial charge is 0.461 e. The molecule has 0 unspecified atom stereocenters. The van der Waals surface area contributed by atoms with E-state index in [1.54, 1.807) is 19.1 Å². The van der Waals surface area contributed by atoms with Crippen LogP contribution >= 0.6 is 11.3 Å². The van der Waals surface area contributed by atoms with Crippen LogP contribution in [0.1, 0.15) is 16.7 Å². The molecule has 0 radical (unpaired) electrons. The molecule has 0 saturated carbocycles. The highest BCUT2D eigenvalue weighted by molar-refractivity contribution is 7.16. The number of thiazole rings is 1. The zero-order valence-corrected chi connectivity index (χ0v) is 10.8. The van der Waals surface area contributed by atoms with Crippen LogP contribution in [0.4, 0.5) is 5.69 Å². The number of carbonyl (C=O) groups excluding carboxylic acids is 1. The van der Waals surface area contributed by atoms with Crippen molar-refractivity contribution in [3.05, 3.63) is 45.6 Å². The van der Waals surface area contributed by atoms with Gasteiger partial charge in [-0.15, -0.1) is 11.3 Å². The Labute approximate surface area is 112 Å². The van der Waals surface area contributed by atoms with Gasteiger partial charge < -0.3 is 4.74 Å². The Balaban J connectivity index is 2.30. The maximum Gasteiger partial charge on any atom is 0.367 e. The van der Waals surface area contributed by atoms with Gasteiger partial charge in [0.2, 0.25) is 5.01 Å². The summed E-state index contributed by atoms with van der Waals surface area (Å²) < 4.78 is 4.84. The summed E-state index contributed by atoms with van der Waals surface area (Å²) in [5, 5.41) is 10.9. The van der Waals surface area contributed by atoms with Crippen LogP contribution in [0.25, 0.3) is 10.4 Å². The molecule has 2 rings (SSSR count). The third-order valence-corrected chi connectivity index (χ3v) is 3.32. The summed E-state index contributed by atoms with van der Waals surface area (Å²) >= 11 is 1.15. The Bertz CT molecular complexity index is 624. The van der Waals surface area contributed by atoms with E-state index in [9.17, 15) is 14.9 Å². The Morgan fingerprint density at radius 3 is 3.00 bits per heavy atom. The molecule has 0 bridgehead atoms. The van der Waals surface area contributed by atoms with E-state index in [-0.39, 0.29) is 17.3 Å². The molecular formula is C12H10N2O4S. The first kappa shape index (κ1) is 13.2. The van der Waals surface area contributed by atoms with Gasteiger partial charge in [0.05, 0.1) is 16.4 Å². The van der Waals surface area contributed by atoms with Gasteiger partial charge >= 0.3 is 5.97 Å². The number of hydrogen-bond donors (Lipinski definition) is 0. The fourth-order valence-electron chi connectivity index (χ4n) is 1.47. The van der Waals surface area contributed by atoms with E-state index in [0.717, 1.165) is 11.3 Å². The van der Waals surface area contributed by atoms with Gasteiger partial charge in [-0.05, 0) is 6.92 Å². The number of nitro benzene ring substituents is 1. The van der Waals surface area contributed by atoms with Gasteiger partial charge in [-0.25, -0.2) is 9.78 Å². The summed E-state index contributed by atoms with van der Waals surface area (Å²) in [5.41, 5.74) is 0.658. The normalized spacial score (nSPS) is 10.2. The van der Waals surface area contributed by atoms with Gasteiger partial charge in [0.15, 0.2) is 0 Å². The van der Waals surface area contributed by atoms with E-state index in [4.69, 9.17) is 4.74 Å². The number of rotatable bonds is 4. The molecule has 19 heavy (non-hydrogen) atoms. The predicted octanol–water partition coefficient (Wildman–Crippen LogP) is 2.90. The van der Waals surface area contributed by atoms with E-state index in [1.807, 2.05) is 0 Å². The smallest absolute Gasteiger partial charge is 0.367 e. The molecule has 1 aromatic heterocycles. The Kier molecular flexibility index (Phi) is 3.86. The quantitative estimate of drug-likeness (QED) is 0.488. The van der Waals surface area contributed by atoms with Crippen LogP contribution in [0.3, 0.4) is 0 Å². The van der Waals surface area contributed by atoms with Crippen molar-refractivity contribution in [2.45, 2.75) is 6.92 Å². The first-order valence-electron chi connectivity index (χ1n) is 5.49. The van der Waals surface area contributed by atoms with E-state index >= 15 is 0 Å². The lowest BCUT2D eigenvalue weighted by Gasteiger charge is -1.97. The Morgan fingerprint density at radius 1 is 1.53 bits per heavy atom. The minimum absolute atomic E-state index is 0.00332. The average molecular weight is 278 g/mol. The molecule has 2 aromatic rings. The summed E-state index contributed by atoms with van der Waals surface area (Å²) in [6.07, 6.45) is 1.51. The van der Waals surface area contributed by atoms with Crippen LogP contribution in [0.15, 0.2) is 30.5 Å². The Hall–Kier alpha value is -2.28. The van der Waals surface area contributed by atoms with Gasteiger partial charge in [-0.2, -0.15) is 0 Å². The van der Waals surface area contributed by atoms with Crippen molar-refractivity contribution < 1.29 is 14.5 Å². The number of hydrogen-bond acceptors (Lipinski definition) is 6. The topological polar surface area (TPSA) is 82.3 Å². The molecule has 7 heteroatoms. The number of benzene rings is 1. The van der Waals surface area contributed by atoms with Crippen molar-refractivity contribution in [3.8, 4) is 10.4 Å². The maximum absolute atomic E-state index is 11.5. The second-order valence-corrected chi connectivity index (χ2v) is 4.59. The number of non-ortho nitro benzene ring substituents is 1. The predicted molar refractivity (Wildman–Crippen MR) is 70.2 cm³/mol. The minimum atomic E-state index is -0.482. The minimum Gasteiger partial charge on any atom is -0.461 e. The number of nitro groups is 1. The van der Waals surface area contributed by atoms with Crippen LogP contribution in [-0.4, -0.2) is 22.5 Å². The third kappa shape index (κ3) is 2.94. The molecule has 1 heterocycles. The van der Waals surface area contributed by atoms with Gasteiger partial charge in [-0.1, -0.05) is 12.1 Å². The van der Waals surface area contributed by atoms with Crippen LogP contribution in [0, 0.1) is 10.1 Å². The van der Waals surface area contributed by atoms with Crippen molar-refractivity contribution in [2.24, 2.45) is 0 Å². The van der Waals surface area contributed by atoms with Gasteiger partial charge in [0.1, 0.15) is 0 Å². The fraction of sp³-hybridized carbons (Fsp3) is 0.167. The highest BCUT2D eigenvalue weighted by Gasteiger charge is 2.14. The van der Waals surface area contributed by atoms with E-state index in [1.165, 1.54) is 18.3 Å². The SMILES string of the molecule is CCOC(=O)c1ncc(-c2cccc([N+](=O)[O-])c2)s1. The zero-order valence-electron chi connectivity index (χ0n) is 10.0. The lowest BCUT2D eigenvalue weighted by atomic mass is 10.2. The molecule has 1 aromatic carbocycles. The molecule has 0 aliphatic heterocycles. The van der Waals surface area contributed by atoms with Crippen molar-refractivity contribution in [1.82, 2.24) is 4.98 Å². The highest BCUT2D eigenvalue weighted by Crippen LogP contribution is 2.28. The fourth-order valence-corrected chi connectivity index (χ4v) is 2.27. The van der Waals surface area contributed by atoms with Gasteiger partial charge in [-0.3, -0.25) is 10.1 Å². The average Bonchev–Trinajstić information content (AvgIpc) is 2.89. The molecule has 0 amide bonds. The standard InChI is InChI=1S/C12H10N2O4S/c1-2-18-12(15)11-13-7-10(19-11)8-4-3-5-9(6-8)14(16)17/h3-7H,2H2,1H3. The number of carbonyl (C=O) groups is 1. The second kappa shape index (κ2) is 5.57. The van der Waals surface area contributed by atoms with E-state index in [2.05, 4.69) is 4.98 Å². The van der Waals surface area contributed by atoms with E-state index < -0.39 is 10.9 Å². The van der Waals surface area contributed by atoms with Crippen molar-refractivity contribution >= 4 is 23.0 Å². The molecule has 0 aliphatic carbocycles. The molecule has 0 N–H and O–H groups in total. The monoisotopic (exact) mass is 278 g/mol. The summed E-state index contributed by atoms with van der Waals surface area (Å²) in [6, 6.07) is 6.19. The molecule has 6 nitrogen and oxygen atoms in total. The first-order valence-corrected chi connectivity index (χ1v) is 6.31. The Morgan fingerprint density at radius 2 is 2.32 bits per heavy atom. The molecule has 98 valence electrons. The molecule has 0 fully saturated rings. The molecule has 0 aliphatic rings. The third-order valence-electron chi connectivity index (χ3n) is 2.30. The van der Waals surface area contributed by atoms with Gasteiger partial charge in [0.25, 0.3) is 5.69 Å². The molecule has 0 saturated heterocycles. The van der Waals surface area contributed by atoms with Gasteiger partial charge in [0, 0.05) is 23.9 Å². The lowest BCUT2D eigenvalue weighted by molar-refractivity contribution is -0.384. The number of esters is 1. The van der Waals surface area contributed by atoms with Crippen LogP contribution in [0.5, 0.6) is 0 Å². The van der Waals surface area contributed by atoms with Crippen LogP contribution in [-0.2, 0) is 4.74 Å². The van der Waals surface area contributed by atoms with E-state index in [0.29, 0.717) is 10.4 Å². The van der Waals surface area contributed by atoms with Crippen molar-refractivity contribution in [3.63, 3.8) is 0 Å². The zero-order chi connectivity index (χ0) is 13.8. The van der Waals surface area contributed by atoms with Crippen LogP contribution in [0.2, 0.25) is 0 Å². The summed E-state index contributed by atoms with van der Waals surface area (Å²) in [7, 11) is 0. The summed E-state index contributed by atoms with van der Waals surface area (Å²) in [5.74, 6) is -0.482.